The van der Waals surface area contributed by atoms with Gasteiger partial charge in [-0.3, -0.25) is 24.0 Å². The highest BCUT2D eigenvalue weighted by Crippen LogP contribution is 2.65. The quantitative estimate of drug-likeness (QED) is 0.0424. The van der Waals surface area contributed by atoms with E-state index < -0.39 is 167 Å². The molecule has 0 spiro atoms. The summed E-state index contributed by atoms with van der Waals surface area (Å²) in [5.74, 6) is -13.0. The third-order valence-electron chi connectivity index (χ3n) is 16.9. The number of aliphatic hydroxyl groups is 3. The molecular weight excluding hydrogens is 1090 g/mol. The Morgan fingerprint density at radius 2 is 1.19 bits per heavy atom. The Balaban J connectivity index is 1.19. The van der Waals surface area contributed by atoms with Crippen LogP contribution >= 0.6 is 0 Å². The summed E-state index contributed by atoms with van der Waals surface area (Å²) in [4.78, 5) is 115. The number of hydrogen-bond donors (Lipinski definition) is 5. The van der Waals surface area contributed by atoms with E-state index in [1.807, 2.05) is 0 Å². The summed E-state index contributed by atoms with van der Waals surface area (Å²) >= 11 is 0. The van der Waals surface area contributed by atoms with Gasteiger partial charge in [-0.2, -0.15) is 0 Å². The van der Waals surface area contributed by atoms with Gasteiger partial charge in [-0.1, -0.05) is 111 Å². The van der Waals surface area contributed by atoms with Crippen molar-refractivity contribution in [2.24, 2.45) is 16.7 Å². The SMILES string of the molecule is CC(=O)O[C@H]1C(=O)[C@@]2(C)C(C(OC(=O)c3ccccc3)[C@]3(O)C[C@H](OC(=O)[C@H](O)[C@@H](NC(=O)c4ccccc4)c4ccccc4)C(C)=C1C3(C)C)[C@]1(OC(C)=O)CO[C@@H]1C[C@@H]2OC(=O)C(O)C(NC(=O)c1ccc(F)cc1F)c1ccccc1. The highest BCUT2D eigenvalue weighted by molar-refractivity contribution is 5.97. The van der Waals surface area contributed by atoms with Gasteiger partial charge in [0.15, 0.2) is 29.7 Å². The maximum atomic E-state index is 16.5. The minimum absolute atomic E-state index is 0.0166. The molecule has 440 valence electrons. The monoisotopic (exact) mass is 1160 g/mol. The van der Waals surface area contributed by atoms with Gasteiger partial charge in [0.25, 0.3) is 11.8 Å². The van der Waals surface area contributed by atoms with E-state index in [9.17, 15) is 53.3 Å². The molecule has 21 heteroatoms. The topological polar surface area (TPSA) is 277 Å². The molecule has 84 heavy (non-hydrogen) atoms. The maximum Gasteiger partial charge on any atom is 0.338 e. The summed E-state index contributed by atoms with van der Waals surface area (Å²) in [6.45, 7) is 7.18. The van der Waals surface area contributed by atoms with Gasteiger partial charge in [-0.15, -0.1) is 0 Å². The van der Waals surface area contributed by atoms with Crippen LogP contribution in [0, 0.1) is 28.4 Å². The van der Waals surface area contributed by atoms with Crippen LogP contribution in [0.4, 0.5) is 8.78 Å². The number of esters is 5. The van der Waals surface area contributed by atoms with Crippen LogP contribution in [-0.2, 0) is 52.4 Å². The molecule has 1 heterocycles. The van der Waals surface area contributed by atoms with Crippen LogP contribution in [0.15, 0.2) is 151 Å². The van der Waals surface area contributed by atoms with Crippen LogP contribution < -0.4 is 10.6 Å². The van der Waals surface area contributed by atoms with Crippen LogP contribution in [0.25, 0.3) is 0 Å². The number of carbonyl (C=O) groups is 8. The molecular formula is C63H62F2N2O17. The lowest BCUT2D eigenvalue weighted by Crippen LogP contribution is -2.82. The molecule has 3 fully saturated rings. The Morgan fingerprint density at radius 3 is 1.70 bits per heavy atom. The van der Waals surface area contributed by atoms with Crippen molar-refractivity contribution in [1.82, 2.24) is 10.6 Å². The van der Waals surface area contributed by atoms with Crippen LogP contribution in [0.3, 0.4) is 0 Å². The first-order valence-corrected chi connectivity index (χ1v) is 27.0. The number of ketones is 1. The summed E-state index contributed by atoms with van der Waals surface area (Å²) in [5.41, 5.74) is -9.35. The molecule has 5 aromatic rings. The van der Waals surface area contributed by atoms with E-state index in [1.54, 1.807) is 60.7 Å². The second kappa shape index (κ2) is 23.6. The average molecular weight is 1160 g/mol. The van der Waals surface area contributed by atoms with Crippen molar-refractivity contribution in [3.63, 3.8) is 0 Å². The minimum Gasteiger partial charge on any atom is -0.459 e. The second-order valence-electron chi connectivity index (χ2n) is 22.2. The second-order valence-corrected chi connectivity index (χ2v) is 22.2. The standard InChI is InChI=1S/C63H62F2N2O17/c1-33-43(81-58(76)49(70)47(36-19-11-7-12-20-36)66-55(73)38-23-15-9-16-24-38)31-63(78)54(83-57(75)39-25-17-10-18-26-39)52-61(6,53(72)51(80-34(2)68)46(33)60(63,4)5)44(30-45-62(52,32-79-45)84-35(3)69)82-59(77)50(71)48(37-21-13-8-14-22-37)67-56(74)41-28-27-40(64)29-42(41)65/h7-29,43-45,47-52,54,70-71,78H,30-32H2,1-6H3,(H,66,73)(H,67,74)/t43-,44-,45+,47-,48?,49+,50?,51+,52?,54?,61+,62-,63+/m0/s1. The molecule has 5 N–H and O–H groups in total. The fraction of sp³-hybridized carbons (Fsp3) is 0.365. The largest absolute Gasteiger partial charge is 0.459 e. The molecule has 4 aliphatic rings. The number of benzene rings is 5. The highest BCUT2D eigenvalue weighted by atomic mass is 19.1. The van der Waals surface area contributed by atoms with Crippen LogP contribution in [0.5, 0.6) is 0 Å². The molecule has 3 aliphatic carbocycles. The van der Waals surface area contributed by atoms with Crippen molar-refractivity contribution < 1.29 is 90.9 Å². The molecule has 0 aromatic heterocycles. The summed E-state index contributed by atoms with van der Waals surface area (Å²) in [6, 6.07) is 30.0. The Bertz CT molecular complexity index is 3400. The molecule has 5 aromatic carbocycles. The van der Waals surface area contributed by atoms with Gasteiger partial charge >= 0.3 is 29.8 Å². The first-order chi connectivity index (χ1) is 39.8. The Labute approximate surface area is 481 Å². The Morgan fingerprint density at radius 1 is 0.667 bits per heavy atom. The van der Waals surface area contributed by atoms with Gasteiger partial charge < -0.3 is 54.4 Å². The molecule has 0 radical (unpaired) electrons. The minimum atomic E-state index is -2.65. The van der Waals surface area contributed by atoms with Crippen LogP contribution in [0.2, 0.25) is 0 Å². The van der Waals surface area contributed by atoms with Gasteiger partial charge in [-0.05, 0) is 72.5 Å². The fourth-order valence-corrected chi connectivity index (χ4v) is 12.6. The summed E-state index contributed by atoms with van der Waals surface area (Å²) < 4.78 is 66.3. The Hall–Kier alpha value is -8.50. The summed E-state index contributed by atoms with van der Waals surface area (Å²) in [6.07, 6.45) is -14.9. The van der Waals surface area contributed by atoms with Crippen molar-refractivity contribution in [3.8, 4) is 0 Å². The van der Waals surface area contributed by atoms with Crippen molar-refractivity contribution >= 4 is 47.4 Å². The van der Waals surface area contributed by atoms with E-state index in [1.165, 1.54) is 88.4 Å². The zero-order chi connectivity index (χ0) is 60.6. The number of Topliss-reactive ketones (excluding diaryl/α,β-unsaturated/α-hetero) is 1. The van der Waals surface area contributed by atoms with Gasteiger partial charge in [-0.25, -0.2) is 23.2 Å². The van der Waals surface area contributed by atoms with Crippen molar-refractivity contribution in [3.05, 3.63) is 190 Å². The lowest BCUT2D eigenvalue weighted by atomic mass is 9.44. The molecule has 19 nitrogen and oxygen atoms in total. The number of carbonyl (C=O) groups excluding carboxylic acids is 8. The molecule has 2 amide bonds. The number of amides is 2. The van der Waals surface area contributed by atoms with E-state index in [0.717, 1.165) is 26.0 Å². The number of hydrogen-bond acceptors (Lipinski definition) is 17. The molecule has 1 aliphatic heterocycles. The first-order valence-electron chi connectivity index (χ1n) is 27.0. The van der Waals surface area contributed by atoms with Crippen molar-refractivity contribution in [1.29, 1.82) is 0 Å². The summed E-state index contributed by atoms with van der Waals surface area (Å²) in [5, 5.41) is 43.5. The predicted octanol–water partition coefficient (Wildman–Crippen LogP) is 6.10. The number of fused-ring (bicyclic) bond motifs is 5. The van der Waals surface area contributed by atoms with Gasteiger partial charge in [0.05, 0.1) is 41.2 Å². The number of halogens is 2. The zero-order valence-electron chi connectivity index (χ0n) is 46.5. The van der Waals surface area contributed by atoms with E-state index in [-0.39, 0.29) is 33.4 Å². The highest BCUT2D eigenvalue weighted by Gasteiger charge is 2.79. The Kier molecular flexibility index (Phi) is 16.9. The first kappa shape index (κ1) is 60.1. The molecule has 13 atom stereocenters. The predicted molar refractivity (Wildman–Crippen MR) is 291 cm³/mol. The third kappa shape index (κ3) is 11.0. The number of aliphatic hydroxyl groups excluding tert-OH is 2. The lowest BCUT2D eigenvalue weighted by Gasteiger charge is -2.67. The van der Waals surface area contributed by atoms with E-state index in [2.05, 4.69) is 10.6 Å². The normalized spacial score (nSPS) is 27.2. The number of nitrogens with one attached hydrogen (secondary N) is 2. The van der Waals surface area contributed by atoms with Gasteiger partial charge in [0, 0.05) is 43.7 Å². The lowest BCUT2D eigenvalue weighted by molar-refractivity contribution is -0.346. The van der Waals surface area contributed by atoms with Crippen molar-refractivity contribution in [2.45, 2.75) is 120 Å². The fourth-order valence-electron chi connectivity index (χ4n) is 12.6. The molecule has 2 saturated carbocycles. The van der Waals surface area contributed by atoms with Crippen molar-refractivity contribution in [2.75, 3.05) is 6.61 Å². The maximum absolute atomic E-state index is 16.5. The third-order valence-corrected chi connectivity index (χ3v) is 16.9. The van der Waals surface area contributed by atoms with Crippen LogP contribution in [0.1, 0.15) is 109 Å². The van der Waals surface area contributed by atoms with Crippen LogP contribution in [-0.4, -0.2) is 123 Å². The molecule has 4 unspecified atom stereocenters. The average Bonchev–Trinajstić information content (AvgIpc) is 0.791. The smallest absolute Gasteiger partial charge is 0.338 e. The number of rotatable bonds is 16. The molecule has 9 rings (SSSR count). The molecule has 2 bridgehead atoms. The van der Waals surface area contributed by atoms with Gasteiger partial charge in [0.2, 0.25) is 0 Å². The zero-order valence-corrected chi connectivity index (χ0v) is 46.5. The number of ether oxygens (including phenoxy) is 6. The van der Waals surface area contributed by atoms with Gasteiger partial charge in [0.1, 0.15) is 41.7 Å². The van der Waals surface area contributed by atoms with E-state index in [0.29, 0.717) is 6.07 Å². The molecule has 1 saturated heterocycles. The summed E-state index contributed by atoms with van der Waals surface area (Å²) in [7, 11) is 0. The van der Waals surface area contributed by atoms with E-state index in [4.69, 9.17) is 28.4 Å². The van der Waals surface area contributed by atoms with E-state index >= 15 is 9.18 Å².